The molecule has 1 aliphatic heterocycles. The van der Waals surface area contributed by atoms with Crippen LogP contribution in [-0.2, 0) is 16.0 Å². The zero-order valence-electron chi connectivity index (χ0n) is 20.1. The number of rotatable bonds is 7. The number of nitrogens with one attached hydrogen (secondary N) is 1. The van der Waals surface area contributed by atoms with Crippen molar-refractivity contribution in [2.75, 3.05) is 24.4 Å². The number of carbonyl (C=O) groups excluding carboxylic acids is 2. The third-order valence-corrected chi connectivity index (χ3v) is 6.10. The molecule has 174 valence electrons. The fourth-order valence-corrected chi connectivity index (χ4v) is 3.95. The number of aryl methyl sites for hydroxylation is 3. The molecule has 0 aliphatic carbocycles. The molecule has 3 aromatic rings. The summed E-state index contributed by atoms with van der Waals surface area (Å²) in [5.74, 6) is 0.358. The van der Waals surface area contributed by atoms with Crippen LogP contribution in [0.4, 0.5) is 11.4 Å². The van der Waals surface area contributed by atoms with Crippen LogP contribution >= 0.6 is 0 Å². The van der Waals surface area contributed by atoms with E-state index in [1.807, 2.05) is 56.3 Å². The van der Waals surface area contributed by atoms with Crippen molar-refractivity contribution in [3.8, 4) is 11.5 Å². The minimum atomic E-state index is -0.413. The minimum absolute atomic E-state index is 0.211. The smallest absolute Gasteiger partial charge is 0.282 e. The van der Waals surface area contributed by atoms with Crippen molar-refractivity contribution < 1.29 is 19.1 Å². The Balaban J connectivity index is 1.83. The van der Waals surface area contributed by atoms with E-state index in [-0.39, 0.29) is 11.6 Å². The largest absolute Gasteiger partial charge is 0.497 e. The van der Waals surface area contributed by atoms with Gasteiger partial charge in [0.2, 0.25) is 0 Å². The number of benzene rings is 3. The Morgan fingerprint density at radius 3 is 2.00 bits per heavy atom. The van der Waals surface area contributed by atoms with Gasteiger partial charge in [0.1, 0.15) is 17.2 Å². The van der Waals surface area contributed by atoms with E-state index in [9.17, 15) is 9.59 Å². The molecule has 6 nitrogen and oxygen atoms in total. The van der Waals surface area contributed by atoms with Gasteiger partial charge in [0.05, 0.1) is 25.5 Å². The number of amides is 2. The second-order valence-corrected chi connectivity index (χ2v) is 8.24. The van der Waals surface area contributed by atoms with Gasteiger partial charge in [-0.15, -0.1) is 0 Å². The van der Waals surface area contributed by atoms with Crippen LogP contribution in [0.25, 0.3) is 5.57 Å². The summed E-state index contributed by atoms with van der Waals surface area (Å²) in [6.07, 6.45) is 0.874. The van der Waals surface area contributed by atoms with Crippen LogP contribution in [-0.4, -0.2) is 26.0 Å². The summed E-state index contributed by atoms with van der Waals surface area (Å²) in [6, 6.07) is 18.5. The van der Waals surface area contributed by atoms with E-state index in [1.165, 1.54) is 4.90 Å². The van der Waals surface area contributed by atoms with E-state index in [0.29, 0.717) is 34.0 Å². The Morgan fingerprint density at radius 2 is 1.44 bits per heavy atom. The molecule has 0 saturated carbocycles. The van der Waals surface area contributed by atoms with Gasteiger partial charge in [-0.2, -0.15) is 0 Å². The zero-order chi connectivity index (χ0) is 24.4. The summed E-state index contributed by atoms with van der Waals surface area (Å²) in [5.41, 5.74) is 5.63. The molecule has 0 aromatic heterocycles. The monoisotopic (exact) mass is 456 g/mol. The first-order chi connectivity index (χ1) is 16.4. The van der Waals surface area contributed by atoms with Crippen LogP contribution in [0.15, 0.2) is 66.4 Å². The summed E-state index contributed by atoms with van der Waals surface area (Å²) in [5, 5.41) is 3.18. The van der Waals surface area contributed by atoms with Crippen LogP contribution in [0.5, 0.6) is 11.5 Å². The van der Waals surface area contributed by atoms with E-state index < -0.39 is 5.91 Å². The fraction of sp³-hybridized carbons (Fsp3) is 0.214. The second-order valence-electron chi connectivity index (χ2n) is 8.24. The lowest BCUT2D eigenvalue weighted by Crippen LogP contribution is -2.32. The molecule has 1 N–H and O–H groups in total. The van der Waals surface area contributed by atoms with Crippen molar-refractivity contribution in [3.63, 3.8) is 0 Å². The Labute approximate surface area is 199 Å². The SMILES string of the molecule is CCc1ccc(N2C(=O)C(Nc3cc(OC)cc(OC)c3)=C(c3ccc(C)c(C)c3)C2=O)cc1. The highest BCUT2D eigenvalue weighted by molar-refractivity contribution is 6.46. The minimum Gasteiger partial charge on any atom is -0.497 e. The lowest BCUT2D eigenvalue weighted by Gasteiger charge is -2.16. The molecular weight excluding hydrogens is 428 g/mol. The van der Waals surface area contributed by atoms with Crippen molar-refractivity contribution in [2.45, 2.75) is 27.2 Å². The standard InChI is InChI=1S/C28H28N2O4/c1-6-19-8-11-22(12-9-19)30-27(31)25(20-10-7-17(2)18(3)13-20)26(28(30)32)29-21-14-23(33-4)16-24(15-21)34-5/h7-16,29H,6H2,1-5H3. The number of nitrogens with zero attached hydrogens (tertiary/aromatic N) is 1. The normalized spacial score (nSPS) is 13.5. The maximum absolute atomic E-state index is 13.7. The number of carbonyl (C=O) groups is 2. The van der Waals surface area contributed by atoms with Gasteiger partial charge in [0, 0.05) is 23.9 Å². The maximum atomic E-state index is 13.7. The number of ether oxygens (including phenoxy) is 2. The van der Waals surface area contributed by atoms with Gasteiger partial charge in [-0.3, -0.25) is 9.59 Å². The van der Waals surface area contributed by atoms with E-state index in [0.717, 1.165) is 23.1 Å². The Morgan fingerprint density at radius 1 is 0.794 bits per heavy atom. The average Bonchev–Trinajstić information content (AvgIpc) is 3.09. The molecular formula is C28H28N2O4. The fourth-order valence-electron chi connectivity index (χ4n) is 3.95. The number of hydrogen-bond donors (Lipinski definition) is 1. The van der Waals surface area contributed by atoms with Crippen molar-refractivity contribution >= 4 is 28.8 Å². The molecule has 0 fully saturated rings. The molecule has 1 aliphatic rings. The molecule has 4 rings (SSSR count). The van der Waals surface area contributed by atoms with Crippen LogP contribution in [0.2, 0.25) is 0 Å². The summed E-state index contributed by atoms with van der Waals surface area (Å²) in [6.45, 7) is 6.06. The van der Waals surface area contributed by atoms with Crippen LogP contribution in [0, 0.1) is 13.8 Å². The first-order valence-corrected chi connectivity index (χ1v) is 11.2. The Kier molecular flexibility index (Phi) is 6.41. The molecule has 2 amide bonds. The second kappa shape index (κ2) is 9.43. The lowest BCUT2D eigenvalue weighted by atomic mass is 9.99. The number of methoxy groups -OCH3 is 2. The van der Waals surface area contributed by atoms with E-state index >= 15 is 0 Å². The highest BCUT2D eigenvalue weighted by Gasteiger charge is 2.40. The summed E-state index contributed by atoms with van der Waals surface area (Å²) in [7, 11) is 3.12. The molecule has 0 atom stereocenters. The Bertz CT molecular complexity index is 1270. The first-order valence-electron chi connectivity index (χ1n) is 11.2. The van der Waals surface area contributed by atoms with Crippen molar-refractivity contribution in [1.82, 2.24) is 0 Å². The molecule has 3 aromatic carbocycles. The number of anilines is 2. The highest BCUT2D eigenvalue weighted by Crippen LogP contribution is 2.36. The van der Waals surface area contributed by atoms with Gasteiger partial charge < -0.3 is 14.8 Å². The number of hydrogen-bond acceptors (Lipinski definition) is 5. The first kappa shape index (κ1) is 23.1. The van der Waals surface area contributed by atoms with Crippen LogP contribution < -0.4 is 19.7 Å². The quantitative estimate of drug-likeness (QED) is 0.490. The van der Waals surface area contributed by atoms with Gasteiger partial charge in [-0.1, -0.05) is 37.3 Å². The molecule has 0 bridgehead atoms. The molecule has 34 heavy (non-hydrogen) atoms. The summed E-state index contributed by atoms with van der Waals surface area (Å²) < 4.78 is 10.7. The Hall–Kier alpha value is -4.06. The molecule has 1 heterocycles. The number of imide groups is 1. The van der Waals surface area contributed by atoms with E-state index in [2.05, 4.69) is 12.2 Å². The lowest BCUT2D eigenvalue weighted by molar-refractivity contribution is -0.120. The summed E-state index contributed by atoms with van der Waals surface area (Å²) in [4.78, 5) is 28.5. The zero-order valence-corrected chi connectivity index (χ0v) is 20.1. The van der Waals surface area contributed by atoms with E-state index in [4.69, 9.17) is 9.47 Å². The van der Waals surface area contributed by atoms with Gasteiger partial charge in [0.25, 0.3) is 11.8 Å². The molecule has 0 spiro atoms. The van der Waals surface area contributed by atoms with Gasteiger partial charge in [0.15, 0.2) is 0 Å². The van der Waals surface area contributed by atoms with Gasteiger partial charge >= 0.3 is 0 Å². The van der Waals surface area contributed by atoms with Gasteiger partial charge in [-0.05, 0) is 54.7 Å². The topological polar surface area (TPSA) is 67.9 Å². The highest BCUT2D eigenvalue weighted by atomic mass is 16.5. The third kappa shape index (κ3) is 4.27. The van der Waals surface area contributed by atoms with Crippen molar-refractivity contribution in [2.24, 2.45) is 0 Å². The molecule has 0 radical (unpaired) electrons. The third-order valence-electron chi connectivity index (χ3n) is 6.10. The predicted octanol–water partition coefficient (Wildman–Crippen LogP) is 5.28. The van der Waals surface area contributed by atoms with Crippen molar-refractivity contribution in [1.29, 1.82) is 0 Å². The summed E-state index contributed by atoms with van der Waals surface area (Å²) >= 11 is 0. The predicted molar refractivity (Wildman–Crippen MR) is 134 cm³/mol. The molecule has 6 heteroatoms. The van der Waals surface area contributed by atoms with Crippen molar-refractivity contribution in [3.05, 3.63) is 88.6 Å². The van der Waals surface area contributed by atoms with Crippen LogP contribution in [0.1, 0.15) is 29.2 Å². The molecule has 0 saturated heterocycles. The molecule has 0 unspecified atom stereocenters. The maximum Gasteiger partial charge on any atom is 0.282 e. The van der Waals surface area contributed by atoms with Gasteiger partial charge in [-0.25, -0.2) is 4.90 Å². The van der Waals surface area contributed by atoms with E-state index in [1.54, 1.807) is 32.4 Å². The van der Waals surface area contributed by atoms with Crippen LogP contribution in [0.3, 0.4) is 0 Å². The average molecular weight is 457 g/mol.